The van der Waals surface area contributed by atoms with E-state index in [1.54, 1.807) is 6.20 Å². The quantitative estimate of drug-likeness (QED) is 0.727. The van der Waals surface area contributed by atoms with Crippen molar-refractivity contribution in [3.05, 3.63) is 82.7 Å². The molecule has 6 rings (SSSR count). The van der Waals surface area contributed by atoms with E-state index in [4.69, 9.17) is 0 Å². The van der Waals surface area contributed by atoms with Gasteiger partial charge >= 0.3 is 0 Å². The molecule has 1 aromatic heterocycles. The Balaban J connectivity index is 1.62. The van der Waals surface area contributed by atoms with Crippen molar-refractivity contribution in [2.45, 2.75) is 32.1 Å². The van der Waals surface area contributed by atoms with E-state index in [2.05, 4.69) is 70.7 Å². The third kappa shape index (κ3) is 2.02. The summed E-state index contributed by atoms with van der Waals surface area (Å²) in [6, 6.07) is 17.2. The van der Waals surface area contributed by atoms with Crippen LogP contribution in [0, 0.1) is 12.3 Å². The van der Waals surface area contributed by atoms with E-state index in [1.165, 1.54) is 22.3 Å². The van der Waals surface area contributed by atoms with Crippen molar-refractivity contribution >= 4 is 11.9 Å². The van der Waals surface area contributed by atoms with Gasteiger partial charge in [-0.15, -0.1) is 0 Å². The zero-order valence-corrected chi connectivity index (χ0v) is 14.9. The summed E-state index contributed by atoms with van der Waals surface area (Å²) < 4.78 is 0. The summed E-state index contributed by atoms with van der Waals surface area (Å²) in [4.78, 5) is 20.7. The Labute approximate surface area is 152 Å². The van der Waals surface area contributed by atoms with Crippen LogP contribution in [0.3, 0.4) is 0 Å². The number of H-pyrrole nitrogens is 1. The Morgan fingerprint density at radius 1 is 1.08 bits per heavy atom. The van der Waals surface area contributed by atoms with Crippen molar-refractivity contribution in [2.75, 3.05) is 5.32 Å². The number of aromatic nitrogens is 2. The van der Waals surface area contributed by atoms with Crippen LogP contribution in [0.25, 0.3) is 0 Å². The van der Waals surface area contributed by atoms with Crippen LogP contribution in [0.4, 0.5) is 5.95 Å². The van der Waals surface area contributed by atoms with E-state index >= 15 is 0 Å². The minimum absolute atomic E-state index is 0.0332. The second-order valence-electron chi connectivity index (χ2n) is 7.73. The molecule has 3 aliphatic rings. The largest absolute Gasteiger partial charge is 0.328 e. The fraction of sp³-hybridized carbons (Fsp3) is 0.273. The summed E-state index contributed by atoms with van der Waals surface area (Å²) in [6.07, 6.45) is 2.55. The molecule has 2 bridgehead atoms. The van der Waals surface area contributed by atoms with Crippen LogP contribution in [0.2, 0.25) is 0 Å². The Hall–Kier alpha value is -2.88. The van der Waals surface area contributed by atoms with E-state index in [0.717, 1.165) is 12.1 Å². The normalized spacial score (nSPS) is 25.5. The van der Waals surface area contributed by atoms with Gasteiger partial charge in [0, 0.05) is 23.7 Å². The van der Waals surface area contributed by atoms with Gasteiger partial charge in [0.25, 0.3) is 0 Å². The molecule has 130 valence electrons. The summed E-state index contributed by atoms with van der Waals surface area (Å²) in [5, 5.41) is 3.01. The number of nitrogens with zero attached hydrogens (tertiary/aromatic N) is 1. The van der Waals surface area contributed by atoms with Crippen LogP contribution in [-0.4, -0.2) is 15.9 Å². The second kappa shape index (κ2) is 5.31. The number of benzene rings is 2. The third-order valence-electron chi connectivity index (χ3n) is 6.08. The molecule has 0 saturated heterocycles. The van der Waals surface area contributed by atoms with Gasteiger partial charge in [-0.3, -0.25) is 10.1 Å². The van der Waals surface area contributed by atoms with E-state index < -0.39 is 5.41 Å². The summed E-state index contributed by atoms with van der Waals surface area (Å²) >= 11 is 0. The highest BCUT2D eigenvalue weighted by atomic mass is 16.2. The molecule has 4 nitrogen and oxygen atoms in total. The van der Waals surface area contributed by atoms with Gasteiger partial charge in [0.15, 0.2) is 0 Å². The third-order valence-corrected chi connectivity index (χ3v) is 6.08. The number of aryl methyl sites for hydroxylation is 1. The molecule has 3 aliphatic carbocycles. The van der Waals surface area contributed by atoms with Gasteiger partial charge in [0.2, 0.25) is 11.9 Å². The lowest BCUT2D eigenvalue weighted by Crippen LogP contribution is -2.47. The highest BCUT2D eigenvalue weighted by molar-refractivity contribution is 5.96. The highest BCUT2D eigenvalue weighted by Crippen LogP contribution is 2.61. The maximum Gasteiger partial charge on any atom is 0.233 e. The van der Waals surface area contributed by atoms with Crippen molar-refractivity contribution in [3.8, 4) is 0 Å². The lowest BCUT2D eigenvalue weighted by atomic mass is 9.52. The monoisotopic (exact) mass is 343 g/mol. The van der Waals surface area contributed by atoms with Gasteiger partial charge in [-0.2, -0.15) is 0 Å². The van der Waals surface area contributed by atoms with Gasteiger partial charge in [0.05, 0.1) is 5.41 Å². The predicted octanol–water partition coefficient (Wildman–Crippen LogP) is 4.34. The number of hydrogen-bond acceptors (Lipinski definition) is 2. The molecule has 26 heavy (non-hydrogen) atoms. The van der Waals surface area contributed by atoms with E-state index in [0.29, 0.717) is 5.95 Å². The molecule has 1 atom stereocenters. The number of carbonyl (C=O) groups excluding carboxylic acids is 1. The fourth-order valence-corrected chi connectivity index (χ4v) is 4.92. The molecule has 4 heteroatoms. The Kier molecular flexibility index (Phi) is 3.14. The maximum absolute atomic E-state index is 13.3. The van der Waals surface area contributed by atoms with Gasteiger partial charge in [-0.1, -0.05) is 48.5 Å². The highest BCUT2D eigenvalue weighted by Gasteiger charge is 2.53. The number of fused-ring (bicyclic) bond motifs is 1. The summed E-state index contributed by atoms with van der Waals surface area (Å²) in [6.45, 7) is 4.03. The van der Waals surface area contributed by atoms with E-state index in [-0.39, 0.29) is 17.7 Å². The van der Waals surface area contributed by atoms with Crippen LogP contribution >= 0.6 is 0 Å². The molecule has 0 fully saturated rings. The van der Waals surface area contributed by atoms with Crippen LogP contribution in [0.15, 0.2) is 54.7 Å². The first kappa shape index (κ1) is 15.4. The molecule has 1 amide bonds. The first-order valence-electron chi connectivity index (χ1n) is 9.08. The van der Waals surface area contributed by atoms with Gasteiger partial charge in [-0.05, 0) is 42.5 Å². The summed E-state index contributed by atoms with van der Waals surface area (Å²) in [5.74, 6) is 0.889. The number of aromatic amines is 1. The number of nitrogens with one attached hydrogen (secondary N) is 2. The van der Waals surface area contributed by atoms with Crippen molar-refractivity contribution < 1.29 is 4.79 Å². The number of hydrogen-bond donors (Lipinski definition) is 2. The molecule has 0 radical (unpaired) electrons. The smallest absolute Gasteiger partial charge is 0.233 e. The molecular formula is C22H21N3O. The zero-order chi connectivity index (χ0) is 17.9. The van der Waals surface area contributed by atoms with Crippen molar-refractivity contribution in [3.63, 3.8) is 0 Å². The van der Waals surface area contributed by atoms with Crippen LogP contribution in [-0.2, 0) is 4.79 Å². The molecule has 0 spiro atoms. The van der Waals surface area contributed by atoms with Crippen molar-refractivity contribution in [1.82, 2.24) is 9.97 Å². The second-order valence-corrected chi connectivity index (χ2v) is 7.73. The van der Waals surface area contributed by atoms with Crippen molar-refractivity contribution in [2.24, 2.45) is 5.41 Å². The lowest BCUT2D eigenvalue weighted by Gasteiger charge is -2.50. The Morgan fingerprint density at radius 2 is 1.65 bits per heavy atom. The number of imidazole rings is 1. The van der Waals surface area contributed by atoms with Gasteiger partial charge in [0.1, 0.15) is 0 Å². The minimum Gasteiger partial charge on any atom is -0.328 e. The number of amides is 1. The van der Waals surface area contributed by atoms with Crippen LogP contribution in [0.1, 0.15) is 53.1 Å². The molecule has 0 aliphatic heterocycles. The van der Waals surface area contributed by atoms with Gasteiger partial charge < -0.3 is 4.98 Å². The average molecular weight is 343 g/mol. The first-order chi connectivity index (χ1) is 12.6. The number of anilines is 1. The van der Waals surface area contributed by atoms with Gasteiger partial charge in [-0.25, -0.2) is 4.98 Å². The fourth-order valence-electron chi connectivity index (χ4n) is 4.92. The molecular weight excluding hydrogens is 322 g/mol. The summed E-state index contributed by atoms with van der Waals surface area (Å²) in [5.41, 5.74) is 5.75. The van der Waals surface area contributed by atoms with Crippen LogP contribution in [0.5, 0.6) is 0 Å². The average Bonchev–Trinajstić information content (AvgIpc) is 3.06. The SMILES string of the molecule is Cc1cnc(NC(=O)C2(C)CC3c4ccccc4C2c2ccccc23)[nH]1. The standard InChI is InChI=1S/C22H21N3O/c1-13-12-23-21(24-13)25-20(26)22(2)11-18-14-7-3-5-9-16(14)19(22)17-10-6-4-8-15(17)18/h3-10,12,18-19H,11H2,1-2H3,(H2,23,24,25,26). The molecule has 1 heterocycles. The molecule has 2 N–H and O–H groups in total. The number of rotatable bonds is 2. The van der Waals surface area contributed by atoms with E-state index in [9.17, 15) is 4.79 Å². The maximum atomic E-state index is 13.3. The Bertz CT molecular complexity index is 974. The zero-order valence-electron chi connectivity index (χ0n) is 14.9. The topological polar surface area (TPSA) is 57.8 Å². The number of carbonyl (C=O) groups is 1. The first-order valence-corrected chi connectivity index (χ1v) is 9.08. The Morgan fingerprint density at radius 3 is 2.19 bits per heavy atom. The molecule has 3 aromatic rings. The summed E-state index contributed by atoms with van der Waals surface area (Å²) in [7, 11) is 0. The van der Waals surface area contributed by atoms with Crippen molar-refractivity contribution in [1.29, 1.82) is 0 Å². The molecule has 2 aromatic carbocycles. The van der Waals surface area contributed by atoms with E-state index in [1.807, 2.05) is 6.92 Å². The molecule has 0 saturated carbocycles. The molecule has 1 unspecified atom stereocenters. The predicted molar refractivity (Wildman–Crippen MR) is 101 cm³/mol. The lowest BCUT2D eigenvalue weighted by molar-refractivity contribution is -0.126. The minimum atomic E-state index is -0.506. The van der Waals surface area contributed by atoms with Crippen LogP contribution < -0.4 is 5.32 Å².